The van der Waals surface area contributed by atoms with Gasteiger partial charge in [0.15, 0.2) is 5.58 Å². The van der Waals surface area contributed by atoms with Crippen LogP contribution in [0.15, 0.2) is 51.7 Å². The summed E-state index contributed by atoms with van der Waals surface area (Å²) in [6.07, 6.45) is 1.07. The topological polar surface area (TPSA) is 64.4 Å². The Morgan fingerprint density at radius 1 is 1.25 bits per heavy atom. The molecule has 1 aromatic heterocycles. The molecule has 1 unspecified atom stereocenters. The zero-order chi connectivity index (χ0) is 16.7. The van der Waals surface area contributed by atoms with Gasteiger partial charge in [-0.25, -0.2) is 4.79 Å². The third kappa shape index (κ3) is 2.41. The molecule has 2 aromatic carbocycles. The molecule has 1 atom stereocenters. The van der Waals surface area contributed by atoms with Crippen LogP contribution in [0, 0.1) is 0 Å². The standard InChI is InChI=1S/C19H21N3O2/c1-21-17-10-13(6-7-18(17)24-19(21)23)12-22-9-8-14(11-20)15-4-2-3-5-16(15)22/h2-7,10,14H,8-9,11-12,20H2,1H3. The van der Waals surface area contributed by atoms with Crippen LogP contribution in [0.1, 0.15) is 23.5 Å². The van der Waals surface area contributed by atoms with Crippen LogP contribution in [0.3, 0.4) is 0 Å². The molecule has 0 fully saturated rings. The second-order valence-electron chi connectivity index (χ2n) is 6.43. The third-order valence-corrected chi connectivity index (χ3v) is 4.98. The largest absolute Gasteiger partial charge is 0.419 e. The first-order valence-electron chi connectivity index (χ1n) is 8.30. The SMILES string of the molecule is Cn1c(=O)oc2ccc(CN3CCC(CN)c4ccccc43)cc21. The number of aryl methyl sites for hydroxylation is 1. The number of benzene rings is 2. The summed E-state index contributed by atoms with van der Waals surface area (Å²) in [5.41, 5.74) is 11.2. The van der Waals surface area contributed by atoms with Crippen LogP contribution in [0.4, 0.5) is 5.69 Å². The first-order valence-corrected chi connectivity index (χ1v) is 8.30. The molecule has 24 heavy (non-hydrogen) atoms. The second kappa shape index (κ2) is 5.83. The summed E-state index contributed by atoms with van der Waals surface area (Å²) < 4.78 is 6.76. The van der Waals surface area contributed by atoms with Crippen molar-refractivity contribution in [1.82, 2.24) is 4.57 Å². The van der Waals surface area contributed by atoms with Gasteiger partial charge in [-0.05, 0) is 48.2 Å². The minimum Gasteiger partial charge on any atom is -0.408 e. The maximum atomic E-state index is 11.6. The molecular formula is C19H21N3O2. The fourth-order valence-electron chi connectivity index (χ4n) is 3.61. The van der Waals surface area contributed by atoms with Crippen LogP contribution in [0.2, 0.25) is 0 Å². The summed E-state index contributed by atoms with van der Waals surface area (Å²) in [5.74, 6) is 0.117. The Morgan fingerprint density at radius 3 is 2.92 bits per heavy atom. The van der Waals surface area contributed by atoms with E-state index in [1.165, 1.54) is 16.8 Å². The molecule has 2 N–H and O–H groups in total. The van der Waals surface area contributed by atoms with E-state index in [1.54, 1.807) is 11.6 Å². The predicted octanol–water partition coefficient (Wildman–Crippen LogP) is 2.58. The number of rotatable bonds is 3. The Hall–Kier alpha value is -2.53. The lowest BCUT2D eigenvalue weighted by molar-refractivity contribution is 0.528. The highest BCUT2D eigenvalue weighted by molar-refractivity contribution is 5.74. The van der Waals surface area contributed by atoms with Crippen molar-refractivity contribution >= 4 is 16.8 Å². The molecule has 0 bridgehead atoms. The van der Waals surface area contributed by atoms with Crippen molar-refractivity contribution in [2.75, 3.05) is 18.0 Å². The van der Waals surface area contributed by atoms with Crippen molar-refractivity contribution in [3.05, 3.63) is 64.1 Å². The highest BCUT2D eigenvalue weighted by Crippen LogP contribution is 2.35. The third-order valence-electron chi connectivity index (χ3n) is 4.98. The van der Waals surface area contributed by atoms with Crippen LogP contribution in [-0.2, 0) is 13.6 Å². The highest BCUT2D eigenvalue weighted by atomic mass is 16.4. The zero-order valence-corrected chi connectivity index (χ0v) is 13.7. The first-order chi connectivity index (χ1) is 11.7. The molecule has 0 spiro atoms. The lowest BCUT2D eigenvalue weighted by atomic mass is 9.90. The molecule has 1 aliphatic heterocycles. The van der Waals surface area contributed by atoms with E-state index in [9.17, 15) is 4.79 Å². The van der Waals surface area contributed by atoms with Crippen molar-refractivity contribution in [3.8, 4) is 0 Å². The van der Waals surface area contributed by atoms with Gasteiger partial charge in [-0.2, -0.15) is 0 Å². The van der Waals surface area contributed by atoms with Crippen molar-refractivity contribution in [1.29, 1.82) is 0 Å². The van der Waals surface area contributed by atoms with Gasteiger partial charge in [0.1, 0.15) is 0 Å². The van der Waals surface area contributed by atoms with Gasteiger partial charge in [0.2, 0.25) is 0 Å². The molecule has 0 radical (unpaired) electrons. The molecule has 5 heteroatoms. The van der Waals surface area contributed by atoms with E-state index in [1.807, 2.05) is 18.2 Å². The van der Waals surface area contributed by atoms with Gasteiger partial charge in [0.05, 0.1) is 5.52 Å². The van der Waals surface area contributed by atoms with E-state index in [0.29, 0.717) is 18.0 Å². The number of anilines is 1. The highest BCUT2D eigenvalue weighted by Gasteiger charge is 2.23. The summed E-state index contributed by atoms with van der Waals surface area (Å²) in [7, 11) is 1.74. The van der Waals surface area contributed by atoms with E-state index in [0.717, 1.165) is 25.0 Å². The summed E-state index contributed by atoms with van der Waals surface area (Å²) in [5, 5.41) is 0. The van der Waals surface area contributed by atoms with Crippen LogP contribution in [0.25, 0.3) is 11.1 Å². The van der Waals surface area contributed by atoms with Crippen molar-refractivity contribution in [2.45, 2.75) is 18.9 Å². The number of aromatic nitrogens is 1. The number of fused-ring (bicyclic) bond motifs is 2. The van der Waals surface area contributed by atoms with E-state index in [-0.39, 0.29) is 5.76 Å². The smallest absolute Gasteiger partial charge is 0.408 e. The van der Waals surface area contributed by atoms with E-state index >= 15 is 0 Å². The fourth-order valence-corrected chi connectivity index (χ4v) is 3.61. The van der Waals surface area contributed by atoms with Gasteiger partial charge >= 0.3 is 5.76 Å². The Bertz CT molecular complexity index is 941. The maximum Gasteiger partial charge on any atom is 0.419 e. The molecular weight excluding hydrogens is 302 g/mol. The Kier molecular flexibility index (Phi) is 3.65. The number of nitrogens with two attached hydrogens (primary N) is 1. The summed E-state index contributed by atoms with van der Waals surface area (Å²) >= 11 is 0. The molecule has 0 amide bonds. The number of nitrogens with zero attached hydrogens (tertiary/aromatic N) is 2. The molecule has 0 aliphatic carbocycles. The zero-order valence-electron chi connectivity index (χ0n) is 13.7. The molecule has 2 heterocycles. The Morgan fingerprint density at radius 2 is 2.08 bits per heavy atom. The molecule has 3 aromatic rings. The van der Waals surface area contributed by atoms with Crippen LogP contribution in [-0.4, -0.2) is 17.7 Å². The molecule has 0 saturated carbocycles. The minimum absolute atomic E-state index is 0.323. The van der Waals surface area contributed by atoms with Gasteiger partial charge in [-0.15, -0.1) is 0 Å². The van der Waals surface area contributed by atoms with Crippen LogP contribution >= 0.6 is 0 Å². The van der Waals surface area contributed by atoms with E-state index in [4.69, 9.17) is 10.2 Å². The quantitative estimate of drug-likeness (QED) is 0.804. The number of hydrogen-bond acceptors (Lipinski definition) is 4. The number of hydrogen-bond donors (Lipinski definition) is 1. The fraction of sp³-hybridized carbons (Fsp3) is 0.316. The first kappa shape index (κ1) is 15.0. The van der Waals surface area contributed by atoms with Crippen LogP contribution < -0.4 is 16.4 Å². The maximum absolute atomic E-state index is 11.6. The van der Waals surface area contributed by atoms with Gasteiger partial charge in [-0.1, -0.05) is 24.3 Å². The van der Waals surface area contributed by atoms with Gasteiger partial charge in [0, 0.05) is 25.8 Å². The molecule has 4 rings (SSSR count). The minimum atomic E-state index is -0.323. The molecule has 5 nitrogen and oxygen atoms in total. The van der Waals surface area contributed by atoms with Gasteiger partial charge in [0.25, 0.3) is 0 Å². The second-order valence-corrected chi connectivity index (χ2v) is 6.43. The number of oxazole rings is 1. The molecule has 1 aliphatic rings. The lowest BCUT2D eigenvalue weighted by Gasteiger charge is -2.35. The predicted molar refractivity (Wildman–Crippen MR) is 95.4 cm³/mol. The van der Waals surface area contributed by atoms with Crippen molar-refractivity contribution in [2.24, 2.45) is 12.8 Å². The number of para-hydroxylation sites is 1. The van der Waals surface area contributed by atoms with Crippen molar-refractivity contribution < 1.29 is 4.42 Å². The summed E-state index contributed by atoms with van der Waals surface area (Å²) in [6, 6.07) is 14.5. The molecule has 124 valence electrons. The Labute approximate surface area is 140 Å². The lowest BCUT2D eigenvalue weighted by Crippen LogP contribution is -2.32. The average molecular weight is 323 g/mol. The van der Waals surface area contributed by atoms with E-state index in [2.05, 4.69) is 29.2 Å². The monoisotopic (exact) mass is 323 g/mol. The van der Waals surface area contributed by atoms with Gasteiger partial charge < -0.3 is 15.1 Å². The normalized spacial score (nSPS) is 17.2. The van der Waals surface area contributed by atoms with Gasteiger partial charge in [-0.3, -0.25) is 4.57 Å². The van der Waals surface area contributed by atoms with Crippen LogP contribution in [0.5, 0.6) is 0 Å². The molecule has 0 saturated heterocycles. The average Bonchev–Trinajstić information content (AvgIpc) is 2.90. The van der Waals surface area contributed by atoms with Crippen molar-refractivity contribution in [3.63, 3.8) is 0 Å². The summed E-state index contributed by atoms with van der Waals surface area (Å²) in [6.45, 7) is 2.48. The van der Waals surface area contributed by atoms with E-state index < -0.39 is 0 Å². The Balaban J connectivity index is 1.68. The summed E-state index contributed by atoms with van der Waals surface area (Å²) in [4.78, 5) is 14.0.